The maximum atomic E-state index is 5.77. The molecule has 0 aliphatic carbocycles. The van der Waals surface area contributed by atoms with Crippen LogP contribution in [0.3, 0.4) is 0 Å². The number of aliphatic imine (C=N–C) groups is 1. The molecule has 0 radical (unpaired) electrons. The average Bonchev–Trinajstić information content (AvgIpc) is 3.19. The molecule has 27 heavy (non-hydrogen) atoms. The maximum Gasteiger partial charge on any atom is 0.191 e. The summed E-state index contributed by atoms with van der Waals surface area (Å²) in [5, 5.41) is 6.76. The van der Waals surface area contributed by atoms with Crippen molar-refractivity contribution < 1.29 is 18.6 Å². The molecule has 0 saturated carbocycles. The summed E-state index contributed by atoms with van der Waals surface area (Å²) in [6.07, 6.45) is 5.20. The Morgan fingerprint density at radius 1 is 1.26 bits per heavy atom. The van der Waals surface area contributed by atoms with Crippen molar-refractivity contribution in [1.29, 1.82) is 0 Å². The van der Waals surface area contributed by atoms with Gasteiger partial charge in [-0.15, -0.1) is 24.0 Å². The summed E-state index contributed by atoms with van der Waals surface area (Å²) in [5.41, 5.74) is -0.223. The van der Waals surface area contributed by atoms with Crippen molar-refractivity contribution in [2.75, 3.05) is 53.2 Å². The van der Waals surface area contributed by atoms with Gasteiger partial charge in [-0.25, -0.2) is 0 Å². The Morgan fingerprint density at radius 2 is 2.04 bits per heavy atom. The highest BCUT2D eigenvalue weighted by Gasteiger charge is 2.32. The molecule has 0 spiro atoms. The Balaban J connectivity index is 0.00000364. The molecule has 0 amide bonds. The van der Waals surface area contributed by atoms with Crippen molar-refractivity contribution in [2.24, 2.45) is 4.99 Å². The van der Waals surface area contributed by atoms with Crippen LogP contribution in [0.25, 0.3) is 0 Å². The number of methoxy groups -OCH3 is 1. The molecule has 7 nitrogen and oxygen atoms in total. The highest BCUT2D eigenvalue weighted by molar-refractivity contribution is 14.0. The lowest BCUT2D eigenvalue weighted by atomic mass is 9.94. The van der Waals surface area contributed by atoms with Crippen molar-refractivity contribution in [1.82, 2.24) is 10.6 Å². The van der Waals surface area contributed by atoms with E-state index in [0.29, 0.717) is 6.54 Å². The van der Waals surface area contributed by atoms with Crippen LogP contribution in [0.5, 0.6) is 0 Å². The van der Waals surface area contributed by atoms with Gasteiger partial charge in [-0.05, 0) is 25.5 Å². The molecule has 8 heteroatoms. The van der Waals surface area contributed by atoms with Crippen LogP contribution in [0.15, 0.2) is 27.8 Å². The van der Waals surface area contributed by atoms with E-state index < -0.39 is 0 Å². The van der Waals surface area contributed by atoms with Gasteiger partial charge in [-0.3, -0.25) is 4.99 Å². The summed E-state index contributed by atoms with van der Waals surface area (Å²) in [4.78, 5) is 4.77. The third-order valence-corrected chi connectivity index (χ3v) is 4.57. The minimum absolute atomic E-state index is 0. The molecule has 2 heterocycles. The van der Waals surface area contributed by atoms with Gasteiger partial charge in [0.05, 0.1) is 18.4 Å². The molecular weight excluding hydrogens is 461 g/mol. The van der Waals surface area contributed by atoms with E-state index in [2.05, 4.69) is 10.6 Å². The number of guanidine groups is 1. The van der Waals surface area contributed by atoms with Crippen LogP contribution in [-0.2, 0) is 20.6 Å². The van der Waals surface area contributed by atoms with E-state index in [9.17, 15) is 0 Å². The zero-order valence-electron chi connectivity index (χ0n) is 16.5. The number of rotatable bonds is 11. The lowest BCUT2D eigenvalue weighted by Gasteiger charge is -2.34. The predicted octanol–water partition coefficient (Wildman–Crippen LogP) is 2.60. The third-order valence-electron chi connectivity index (χ3n) is 4.57. The van der Waals surface area contributed by atoms with Crippen LogP contribution in [0, 0.1) is 0 Å². The van der Waals surface area contributed by atoms with Gasteiger partial charge in [0, 0.05) is 65.9 Å². The summed E-state index contributed by atoms with van der Waals surface area (Å²) in [6, 6.07) is 3.89. The SMILES string of the molecule is CCOCCCNC(=NCC1(OC)CCOCC1)NCCc1ccco1.I. The normalized spacial score (nSPS) is 16.6. The molecule has 1 aliphatic heterocycles. The van der Waals surface area contributed by atoms with E-state index in [0.717, 1.165) is 76.9 Å². The number of nitrogens with zero attached hydrogens (tertiary/aromatic N) is 1. The van der Waals surface area contributed by atoms with Crippen molar-refractivity contribution in [3.63, 3.8) is 0 Å². The fraction of sp³-hybridized carbons (Fsp3) is 0.737. The number of ether oxygens (including phenoxy) is 3. The van der Waals surface area contributed by atoms with E-state index in [4.69, 9.17) is 23.6 Å². The molecular formula is C19H34IN3O4. The number of furan rings is 1. The summed E-state index contributed by atoms with van der Waals surface area (Å²) in [7, 11) is 1.76. The maximum absolute atomic E-state index is 5.77. The van der Waals surface area contributed by atoms with Gasteiger partial charge in [-0.1, -0.05) is 0 Å². The van der Waals surface area contributed by atoms with Crippen LogP contribution in [-0.4, -0.2) is 64.7 Å². The van der Waals surface area contributed by atoms with E-state index in [1.54, 1.807) is 13.4 Å². The third kappa shape index (κ3) is 9.27. The largest absolute Gasteiger partial charge is 0.469 e. The molecule has 1 aromatic heterocycles. The second-order valence-corrected chi connectivity index (χ2v) is 6.40. The van der Waals surface area contributed by atoms with Crippen molar-refractivity contribution in [2.45, 2.75) is 38.2 Å². The molecule has 0 bridgehead atoms. The predicted molar refractivity (Wildman–Crippen MR) is 117 cm³/mol. The lowest BCUT2D eigenvalue weighted by Crippen LogP contribution is -2.44. The van der Waals surface area contributed by atoms with Crippen LogP contribution >= 0.6 is 24.0 Å². The van der Waals surface area contributed by atoms with Crippen LogP contribution in [0.2, 0.25) is 0 Å². The van der Waals surface area contributed by atoms with Crippen molar-refractivity contribution in [3.05, 3.63) is 24.2 Å². The Bertz CT molecular complexity index is 505. The second-order valence-electron chi connectivity index (χ2n) is 6.40. The minimum atomic E-state index is -0.223. The summed E-state index contributed by atoms with van der Waals surface area (Å²) < 4.78 is 22.0. The second kappa shape index (κ2) is 14.2. The zero-order chi connectivity index (χ0) is 18.5. The zero-order valence-corrected chi connectivity index (χ0v) is 18.8. The standard InChI is InChI=1S/C19H33N3O4.HI/c1-3-24-12-5-10-20-18(21-11-7-17-6-4-13-26-17)22-16-19(23-2)8-14-25-15-9-19;/h4,6,13H,3,5,7-12,14-16H2,1-2H3,(H2,20,21,22);1H. The van der Waals surface area contributed by atoms with Gasteiger partial charge < -0.3 is 29.3 Å². The molecule has 2 rings (SSSR count). The highest BCUT2D eigenvalue weighted by atomic mass is 127. The first-order valence-corrected chi connectivity index (χ1v) is 9.53. The van der Waals surface area contributed by atoms with Crippen LogP contribution in [0.1, 0.15) is 31.9 Å². The molecule has 1 aliphatic rings. The highest BCUT2D eigenvalue weighted by Crippen LogP contribution is 2.24. The molecule has 0 aromatic carbocycles. The van der Waals surface area contributed by atoms with Gasteiger partial charge in [0.2, 0.25) is 0 Å². The number of hydrogen-bond acceptors (Lipinski definition) is 5. The molecule has 1 saturated heterocycles. The fourth-order valence-electron chi connectivity index (χ4n) is 2.85. The Hall–Kier alpha value is -0.840. The monoisotopic (exact) mass is 495 g/mol. The van der Waals surface area contributed by atoms with Gasteiger partial charge in [0.1, 0.15) is 5.76 Å². The van der Waals surface area contributed by atoms with Crippen molar-refractivity contribution in [3.8, 4) is 0 Å². The first kappa shape index (κ1) is 24.2. The van der Waals surface area contributed by atoms with E-state index in [1.165, 1.54) is 0 Å². The molecule has 0 unspecified atom stereocenters. The van der Waals surface area contributed by atoms with Crippen LogP contribution < -0.4 is 10.6 Å². The summed E-state index contributed by atoms with van der Waals surface area (Å²) in [5.74, 6) is 1.77. The average molecular weight is 495 g/mol. The van der Waals surface area contributed by atoms with Crippen LogP contribution in [0.4, 0.5) is 0 Å². The lowest BCUT2D eigenvalue weighted by molar-refractivity contribution is -0.0828. The topological polar surface area (TPSA) is 77.2 Å². The number of nitrogens with one attached hydrogen (secondary N) is 2. The minimum Gasteiger partial charge on any atom is -0.469 e. The summed E-state index contributed by atoms with van der Waals surface area (Å²) in [6.45, 7) is 7.16. The van der Waals surface area contributed by atoms with E-state index >= 15 is 0 Å². The van der Waals surface area contributed by atoms with E-state index in [1.807, 2.05) is 19.1 Å². The smallest absolute Gasteiger partial charge is 0.191 e. The van der Waals surface area contributed by atoms with Gasteiger partial charge in [-0.2, -0.15) is 0 Å². The summed E-state index contributed by atoms with van der Waals surface area (Å²) >= 11 is 0. The van der Waals surface area contributed by atoms with Gasteiger partial charge in [0.15, 0.2) is 5.96 Å². The first-order valence-electron chi connectivity index (χ1n) is 9.53. The first-order chi connectivity index (χ1) is 12.8. The molecule has 2 N–H and O–H groups in total. The van der Waals surface area contributed by atoms with Gasteiger partial charge in [0.25, 0.3) is 0 Å². The quantitative estimate of drug-likeness (QED) is 0.213. The number of halogens is 1. The molecule has 1 fully saturated rings. The van der Waals surface area contributed by atoms with Gasteiger partial charge >= 0.3 is 0 Å². The van der Waals surface area contributed by atoms with Crippen molar-refractivity contribution >= 4 is 29.9 Å². The fourth-order valence-corrected chi connectivity index (χ4v) is 2.85. The Morgan fingerprint density at radius 3 is 2.70 bits per heavy atom. The molecule has 156 valence electrons. The Labute approximate surface area is 179 Å². The molecule has 0 atom stereocenters. The van der Waals surface area contributed by atoms with E-state index in [-0.39, 0.29) is 29.6 Å². The number of hydrogen-bond donors (Lipinski definition) is 2. The molecule has 1 aromatic rings. The Kier molecular flexibility index (Phi) is 12.7.